The SMILES string of the molecule is Cc1ccc(NC(=O)CN2C(=O)CC(c3ccc(F)cc3)=Nc3cccnc32)cc1F. The van der Waals surface area contributed by atoms with Gasteiger partial charge >= 0.3 is 0 Å². The molecule has 2 heterocycles. The van der Waals surface area contributed by atoms with Crippen LogP contribution in [0, 0.1) is 18.6 Å². The number of nitrogens with zero attached hydrogens (tertiary/aromatic N) is 3. The first-order valence-corrected chi connectivity index (χ1v) is 9.55. The van der Waals surface area contributed by atoms with E-state index in [1.807, 2.05) is 0 Å². The fourth-order valence-electron chi connectivity index (χ4n) is 3.21. The third-order valence-corrected chi connectivity index (χ3v) is 4.83. The zero-order chi connectivity index (χ0) is 22.0. The molecule has 8 heteroatoms. The van der Waals surface area contributed by atoms with Crippen molar-refractivity contribution in [1.82, 2.24) is 4.98 Å². The highest BCUT2D eigenvalue weighted by molar-refractivity contribution is 6.18. The molecule has 0 fully saturated rings. The van der Waals surface area contributed by atoms with Crippen LogP contribution in [0.1, 0.15) is 17.5 Å². The zero-order valence-electron chi connectivity index (χ0n) is 16.6. The number of nitrogens with one attached hydrogen (secondary N) is 1. The molecule has 6 nitrogen and oxygen atoms in total. The third kappa shape index (κ3) is 4.48. The van der Waals surface area contributed by atoms with Gasteiger partial charge in [0.2, 0.25) is 11.8 Å². The number of hydrogen-bond acceptors (Lipinski definition) is 4. The summed E-state index contributed by atoms with van der Waals surface area (Å²) in [5.41, 5.74) is 2.22. The number of aryl methyl sites for hydroxylation is 1. The minimum absolute atomic E-state index is 0.0889. The second-order valence-electron chi connectivity index (χ2n) is 7.08. The average Bonchev–Trinajstić information content (AvgIpc) is 2.88. The molecule has 0 spiro atoms. The lowest BCUT2D eigenvalue weighted by Gasteiger charge is -2.20. The number of rotatable bonds is 4. The molecule has 3 aromatic rings. The van der Waals surface area contributed by atoms with Gasteiger partial charge in [0.05, 0.1) is 12.1 Å². The van der Waals surface area contributed by atoms with Gasteiger partial charge < -0.3 is 5.32 Å². The van der Waals surface area contributed by atoms with Gasteiger partial charge in [-0.3, -0.25) is 14.5 Å². The number of anilines is 2. The number of aromatic nitrogens is 1. The second-order valence-corrected chi connectivity index (χ2v) is 7.08. The molecule has 0 atom stereocenters. The smallest absolute Gasteiger partial charge is 0.244 e. The van der Waals surface area contributed by atoms with Crippen LogP contribution in [0.5, 0.6) is 0 Å². The van der Waals surface area contributed by atoms with Crippen LogP contribution in [-0.2, 0) is 9.59 Å². The fourth-order valence-corrected chi connectivity index (χ4v) is 3.21. The lowest BCUT2D eigenvalue weighted by Crippen LogP contribution is -2.39. The fraction of sp³-hybridized carbons (Fsp3) is 0.130. The number of amides is 2. The molecular formula is C23H18F2N4O2. The number of benzene rings is 2. The van der Waals surface area contributed by atoms with Crippen LogP contribution in [0.15, 0.2) is 65.8 Å². The highest BCUT2D eigenvalue weighted by Gasteiger charge is 2.27. The number of carbonyl (C=O) groups is 2. The minimum atomic E-state index is -0.501. The van der Waals surface area contributed by atoms with E-state index in [-0.39, 0.29) is 24.7 Å². The maximum absolute atomic E-state index is 13.8. The second kappa shape index (κ2) is 8.43. The summed E-state index contributed by atoms with van der Waals surface area (Å²) in [6.45, 7) is 1.31. The molecule has 4 rings (SSSR count). The Bertz CT molecular complexity index is 1190. The van der Waals surface area contributed by atoms with Crippen molar-refractivity contribution in [2.45, 2.75) is 13.3 Å². The van der Waals surface area contributed by atoms with E-state index in [0.29, 0.717) is 28.2 Å². The summed E-state index contributed by atoms with van der Waals surface area (Å²) in [5.74, 6) is -1.47. The average molecular weight is 420 g/mol. The van der Waals surface area contributed by atoms with Crippen LogP contribution in [0.4, 0.5) is 26.0 Å². The first-order chi connectivity index (χ1) is 14.9. The molecule has 0 saturated heterocycles. The molecule has 1 aliphatic rings. The van der Waals surface area contributed by atoms with E-state index in [9.17, 15) is 18.4 Å². The Morgan fingerprint density at radius 3 is 2.65 bits per heavy atom. The van der Waals surface area contributed by atoms with E-state index in [1.54, 1.807) is 43.3 Å². The third-order valence-electron chi connectivity index (χ3n) is 4.83. The largest absolute Gasteiger partial charge is 0.324 e. The van der Waals surface area contributed by atoms with Gasteiger partial charge in [0.1, 0.15) is 23.9 Å². The van der Waals surface area contributed by atoms with Crippen molar-refractivity contribution in [3.8, 4) is 0 Å². The van der Waals surface area contributed by atoms with Crippen LogP contribution >= 0.6 is 0 Å². The van der Waals surface area contributed by atoms with Crippen molar-refractivity contribution < 1.29 is 18.4 Å². The highest BCUT2D eigenvalue weighted by atomic mass is 19.1. The number of aliphatic imine (C=N–C) groups is 1. The molecule has 1 N–H and O–H groups in total. The van der Waals surface area contributed by atoms with Crippen molar-refractivity contribution in [3.63, 3.8) is 0 Å². The van der Waals surface area contributed by atoms with E-state index in [0.717, 1.165) is 0 Å². The van der Waals surface area contributed by atoms with Crippen molar-refractivity contribution in [2.24, 2.45) is 4.99 Å². The van der Waals surface area contributed by atoms with Gasteiger partial charge in [-0.15, -0.1) is 0 Å². The predicted octanol–water partition coefficient (Wildman–Crippen LogP) is 4.16. The van der Waals surface area contributed by atoms with E-state index in [4.69, 9.17) is 0 Å². The monoisotopic (exact) mass is 420 g/mol. The van der Waals surface area contributed by atoms with Crippen molar-refractivity contribution >= 4 is 34.7 Å². The molecule has 0 unspecified atom stereocenters. The van der Waals surface area contributed by atoms with Crippen molar-refractivity contribution in [3.05, 3.63) is 83.6 Å². The molecule has 31 heavy (non-hydrogen) atoms. The van der Waals surface area contributed by atoms with Gasteiger partial charge in [-0.25, -0.2) is 18.8 Å². The number of pyridine rings is 1. The Morgan fingerprint density at radius 2 is 1.90 bits per heavy atom. The summed E-state index contributed by atoms with van der Waals surface area (Å²) in [5, 5.41) is 2.60. The summed E-state index contributed by atoms with van der Waals surface area (Å²) in [4.78, 5) is 35.6. The number of fused-ring (bicyclic) bond motifs is 1. The topological polar surface area (TPSA) is 74.7 Å². The van der Waals surface area contributed by atoms with Gasteiger partial charge in [-0.2, -0.15) is 0 Å². The van der Waals surface area contributed by atoms with E-state index < -0.39 is 17.5 Å². The summed E-state index contributed by atoms with van der Waals surface area (Å²) in [7, 11) is 0. The normalized spacial score (nSPS) is 13.3. The highest BCUT2D eigenvalue weighted by Crippen LogP contribution is 2.30. The number of carbonyl (C=O) groups excluding carboxylic acids is 2. The molecule has 0 bridgehead atoms. The minimum Gasteiger partial charge on any atom is -0.324 e. The standard InChI is InChI=1S/C23H18F2N4O2/c1-14-4-9-17(11-18(14)25)27-21(30)13-29-22(31)12-20(15-5-7-16(24)8-6-15)28-19-3-2-10-26-23(19)29/h2-11H,12-13H2,1H3,(H,27,30). The van der Waals surface area contributed by atoms with E-state index >= 15 is 0 Å². The lowest BCUT2D eigenvalue weighted by molar-refractivity contribution is -0.120. The first-order valence-electron chi connectivity index (χ1n) is 9.55. The Labute approximate surface area is 177 Å². The molecule has 0 saturated carbocycles. The van der Waals surface area contributed by atoms with Gasteiger partial charge in [-0.1, -0.05) is 18.2 Å². The molecular weight excluding hydrogens is 402 g/mol. The Hall–Kier alpha value is -3.94. The van der Waals surface area contributed by atoms with Crippen LogP contribution in [0.25, 0.3) is 0 Å². The molecule has 1 aromatic heterocycles. The molecule has 0 radical (unpaired) electrons. The van der Waals surface area contributed by atoms with Crippen molar-refractivity contribution in [2.75, 3.05) is 16.8 Å². The molecule has 1 aliphatic heterocycles. The maximum atomic E-state index is 13.8. The summed E-state index contributed by atoms with van der Waals surface area (Å²) in [6, 6.07) is 13.4. The predicted molar refractivity (Wildman–Crippen MR) is 114 cm³/mol. The molecule has 0 aliphatic carbocycles. The molecule has 2 amide bonds. The van der Waals surface area contributed by atoms with Gasteiger partial charge in [0, 0.05) is 11.9 Å². The van der Waals surface area contributed by atoms with Gasteiger partial charge in [0.25, 0.3) is 0 Å². The van der Waals surface area contributed by atoms with E-state index in [2.05, 4.69) is 15.3 Å². The quantitative estimate of drug-likeness (QED) is 0.689. The lowest BCUT2D eigenvalue weighted by atomic mass is 10.1. The summed E-state index contributed by atoms with van der Waals surface area (Å²) >= 11 is 0. The van der Waals surface area contributed by atoms with E-state index in [1.165, 1.54) is 29.3 Å². The molecule has 2 aromatic carbocycles. The Kier molecular flexibility index (Phi) is 5.53. The van der Waals surface area contributed by atoms with Gasteiger partial charge in [-0.05, 0) is 54.4 Å². The maximum Gasteiger partial charge on any atom is 0.244 e. The molecule has 156 valence electrons. The van der Waals surface area contributed by atoms with Crippen LogP contribution in [-0.4, -0.2) is 29.1 Å². The van der Waals surface area contributed by atoms with Crippen LogP contribution in [0.3, 0.4) is 0 Å². The zero-order valence-corrected chi connectivity index (χ0v) is 16.6. The van der Waals surface area contributed by atoms with Crippen molar-refractivity contribution in [1.29, 1.82) is 0 Å². The first kappa shape index (κ1) is 20.3. The van der Waals surface area contributed by atoms with Crippen LogP contribution in [0.2, 0.25) is 0 Å². The Morgan fingerprint density at radius 1 is 1.13 bits per heavy atom. The Balaban J connectivity index is 1.59. The van der Waals surface area contributed by atoms with Gasteiger partial charge in [0.15, 0.2) is 5.82 Å². The van der Waals surface area contributed by atoms with Crippen LogP contribution < -0.4 is 10.2 Å². The number of hydrogen-bond donors (Lipinski definition) is 1. The summed E-state index contributed by atoms with van der Waals surface area (Å²) < 4.78 is 27.1. The summed E-state index contributed by atoms with van der Waals surface area (Å²) in [6.07, 6.45) is 1.42. The number of halogens is 2.